The normalized spacial score (nSPS) is 19.6. The Balaban J connectivity index is 1.48. The highest BCUT2D eigenvalue weighted by Crippen LogP contribution is 2.40. The summed E-state index contributed by atoms with van der Waals surface area (Å²) >= 11 is 0. The molecule has 1 unspecified atom stereocenters. The fourth-order valence-corrected chi connectivity index (χ4v) is 4.35. The summed E-state index contributed by atoms with van der Waals surface area (Å²) in [6.45, 7) is 4.18. The molecule has 1 saturated carbocycles. The second-order valence-electron chi connectivity index (χ2n) is 9.11. The van der Waals surface area contributed by atoms with Crippen LogP contribution in [0.4, 0.5) is 20.2 Å². The molecule has 0 saturated heterocycles. The largest absolute Gasteiger partial charge is 0.462 e. The third-order valence-electron chi connectivity index (χ3n) is 6.56. The Morgan fingerprint density at radius 1 is 1.12 bits per heavy atom. The molecule has 2 aromatic carbocycles. The van der Waals surface area contributed by atoms with Gasteiger partial charge in [0.1, 0.15) is 5.75 Å². The third kappa shape index (κ3) is 6.95. The number of hydrogen-bond acceptors (Lipinski definition) is 5. The lowest BCUT2D eigenvalue weighted by Gasteiger charge is -2.32. The first-order chi connectivity index (χ1) is 16.2. The van der Waals surface area contributed by atoms with Crippen molar-refractivity contribution in [2.75, 3.05) is 18.1 Å². The van der Waals surface area contributed by atoms with E-state index in [1.54, 1.807) is 30.3 Å². The predicted molar refractivity (Wildman–Crippen MR) is 131 cm³/mol. The molecule has 1 atom stereocenters. The first-order valence-corrected chi connectivity index (χ1v) is 11.8. The highest BCUT2D eigenvalue weighted by molar-refractivity contribution is 5.87. The quantitative estimate of drug-likeness (QED) is 0.250. The zero-order valence-corrected chi connectivity index (χ0v) is 19.8. The van der Waals surface area contributed by atoms with Crippen molar-refractivity contribution >= 4 is 23.4 Å². The fraction of sp³-hybridized carbons (Fsp3) is 0.444. The van der Waals surface area contributed by atoms with Crippen LogP contribution in [0.1, 0.15) is 63.0 Å². The topological polar surface area (TPSA) is 87.6 Å². The van der Waals surface area contributed by atoms with E-state index in [0.29, 0.717) is 35.7 Å². The maximum absolute atomic E-state index is 14.6. The monoisotopic (exact) mass is 472 g/mol. The number of nitrogen functional groups attached to an aromatic ring is 2. The highest BCUT2D eigenvalue weighted by Gasteiger charge is 2.43. The Bertz CT molecular complexity index is 984. The lowest BCUT2D eigenvalue weighted by Crippen LogP contribution is -2.37. The maximum Gasteiger partial charge on any atom is 0.400 e. The van der Waals surface area contributed by atoms with Crippen molar-refractivity contribution in [3.05, 3.63) is 59.7 Å². The number of hydrogen-bond donors (Lipinski definition) is 2. The second kappa shape index (κ2) is 11.4. The molecule has 1 fully saturated rings. The molecule has 4 N–H and O–H groups in total. The minimum atomic E-state index is -3.19. The first-order valence-electron chi connectivity index (χ1n) is 11.8. The zero-order chi connectivity index (χ0) is 24.7. The molecule has 0 amide bonds. The number of alkyl halides is 2. The predicted octanol–water partition coefficient (Wildman–Crippen LogP) is 6.40. The van der Waals surface area contributed by atoms with Gasteiger partial charge in [-0.25, -0.2) is 4.79 Å². The smallest absolute Gasteiger partial charge is 0.400 e. The summed E-state index contributed by atoms with van der Waals surface area (Å²) in [5.74, 6) is -0.694. The van der Waals surface area contributed by atoms with Gasteiger partial charge in [-0.1, -0.05) is 38.5 Å². The van der Waals surface area contributed by atoms with E-state index >= 15 is 0 Å². The van der Waals surface area contributed by atoms with Gasteiger partial charge in [0, 0.05) is 23.4 Å². The average Bonchev–Trinajstić information content (AvgIpc) is 2.82. The van der Waals surface area contributed by atoms with Gasteiger partial charge in [0.25, 0.3) is 0 Å². The standard InChI is InChI=1S/C27H34F2N2O3/c1-3-19-4-9-21(10-5-19)27(28,29)34-23-12-6-20(7-13-23)8-15-26(32)33-17-18(2)24-14-11-22(30)16-25(24)31/h6-8,11-16,18-19,21H,3-5,9-10,17,30-31H2,1-2H3/b15-8+. The molecule has 184 valence electrons. The van der Waals surface area contributed by atoms with Crippen LogP contribution in [0.3, 0.4) is 0 Å². The van der Waals surface area contributed by atoms with Gasteiger partial charge in [-0.15, -0.1) is 0 Å². The number of carbonyl (C=O) groups is 1. The molecule has 0 bridgehead atoms. The molecule has 5 nitrogen and oxygen atoms in total. The molecule has 3 rings (SSSR count). The number of rotatable bonds is 9. The van der Waals surface area contributed by atoms with Crippen LogP contribution in [-0.2, 0) is 9.53 Å². The molecule has 7 heteroatoms. The van der Waals surface area contributed by atoms with E-state index in [4.69, 9.17) is 20.9 Å². The number of carbonyl (C=O) groups excluding carboxylic acids is 1. The van der Waals surface area contributed by atoms with Crippen molar-refractivity contribution in [1.29, 1.82) is 0 Å². The van der Waals surface area contributed by atoms with Crippen LogP contribution < -0.4 is 16.2 Å². The molecule has 2 aromatic rings. The molecule has 0 spiro atoms. The van der Waals surface area contributed by atoms with Gasteiger partial charge in [0.2, 0.25) is 0 Å². The maximum atomic E-state index is 14.6. The second-order valence-corrected chi connectivity index (χ2v) is 9.11. The van der Waals surface area contributed by atoms with Gasteiger partial charge in [-0.2, -0.15) is 8.78 Å². The summed E-state index contributed by atoms with van der Waals surface area (Å²) in [5.41, 5.74) is 14.3. The van der Waals surface area contributed by atoms with E-state index in [1.165, 1.54) is 18.2 Å². The number of benzene rings is 2. The minimum Gasteiger partial charge on any atom is -0.462 e. The fourth-order valence-electron chi connectivity index (χ4n) is 4.35. The van der Waals surface area contributed by atoms with Gasteiger partial charge in [-0.05, 0) is 73.1 Å². The lowest BCUT2D eigenvalue weighted by atomic mass is 9.80. The van der Waals surface area contributed by atoms with Crippen molar-refractivity contribution in [2.24, 2.45) is 11.8 Å². The molecule has 0 heterocycles. The zero-order valence-electron chi connectivity index (χ0n) is 19.8. The third-order valence-corrected chi connectivity index (χ3v) is 6.56. The number of esters is 1. The minimum absolute atomic E-state index is 0.0897. The summed E-state index contributed by atoms with van der Waals surface area (Å²) in [4.78, 5) is 12.1. The Morgan fingerprint density at radius 3 is 2.41 bits per heavy atom. The molecule has 1 aliphatic rings. The molecule has 1 aliphatic carbocycles. The number of nitrogens with two attached hydrogens (primary N) is 2. The van der Waals surface area contributed by atoms with Crippen LogP contribution in [-0.4, -0.2) is 18.7 Å². The summed E-state index contributed by atoms with van der Waals surface area (Å²) in [6.07, 6.45) is 3.34. The van der Waals surface area contributed by atoms with E-state index in [0.717, 1.165) is 24.8 Å². The van der Waals surface area contributed by atoms with Gasteiger partial charge in [0.15, 0.2) is 0 Å². The molecular formula is C27H34F2N2O3. The number of anilines is 2. The van der Waals surface area contributed by atoms with Crippen molar-refractivity contribution < 1.29 is 23.0 Å². The Kier molecular flexibility index (Phi) is 8.53. The van der Waals surface area contributed by atoms with E-state index in [9.17, 15) is 13.6 Å². The van der Waals surface area contributed by atoms with Crippen molar-refractivity contribution in [1.82, 2.24) is 0 Å². The van der Waals surface area contributed by atoms with E-state index in [1.807, 2.05) is 13.0 Å². The van der Waals surface area contributed by atoms with E-state index < -0.39 is 18.0 Å². The van der Waals surface area contributed by atoms with E-state index in [2.05, 4.69) is 6.92 Å². The molecule has 0 aromatic heterocycles. The first kappa shape index (κ1) is 25.5. The van der Waals surface area contributed by atoms with Crippen LogP contribution in [0.2, 0.25) is 0 Å². The Morgan fingerprint density at radius 2 is 1.79 bits per heavy atom. The summed E-state index contributed by atoms with van der Waals surface area (Å²) in [7, 11) is 0. The molecular weight excluding hydrogens is 438 g/mol. The average molecular weight is 473 g/mol. The van der Waals surface area contributed by atoms with Crippen molar-refractivity contribution in [2.45, 2.75) is 58.0 Å². The number of halogens is 2. The lowest BCUT2D eigenvalue weighted by molar-refractivity contribution is -0.223. The van der Waals surface area contributed by atoms with Crippen LogP contribution in [0, 0.1) is 11.8 Å². The molecule has 0 aliphatic heterocycles. The SMILES string of the molecule is CCC1CCC(C(F)(F)Oc2ccc(/C=C/C(=O)OCC(C)c3ccc(N)cc3N)cc2)CC1. The van der Waals surface area contributed by atoms with Crippen molar-refractivity contribution in [3.63, 3.8) is 0 Å². The highest BCUT2D eigenvalue weighted by atomic mass is 19.3. The van der Waals surface area contributed by atoms with Crippen LogP contribution in [0.25, 0.3) is 6.08 Å². The van der Waals surface area contributed by atoms with E-state index in [-0.39, 0.29) is 18.3 Å². The van der Waals surface area contributed by atoms with Crippen LogP contribution in [0.5, 0.6) is 5.75 Å². The van der Waals surface area contributed by atoms with Gasteiger partial charge in [0.05, 0.1) is 12.5 Å². The van der Waals surface area contributed by atoms with Gasteiger partial charge in [-0.3, -0.25) is 0 Å². The van der Waals surface area contributed by atoms with Gasteiger partial charge < -0.3 is 20.9 Å². The van der Waals surface area contributed by atoms with Crippen LogP contribution >= 0.6 is 0 Å². The molecule has 34 heavy (non-hydrogen) atoms. The molecule has 0 radical (unpaired) electrons. The van der Waals surface area contributed by atoms with Crippen LogP contribution in [0.15, 0.2) is 48.5 Å². The summed E-state index contributed by atoms with van der Waals surface area (Å²) in [5, 5.41) is 0. The summed E-state index contributed by atoms with van der Waals surface area (Å²) in [6, 6.07) is 11.5. The number of ether oxygens (including phenoxy) is 2. The summed E-state index contributed by atoms with van der Waals surface area (Å²) < 4.78 is 39.5. The van der Waals surface area contributed by atoms with Crippen molar-refractivity contribution in [3.8, 4) is 5.75 Å². The Hall–Kier alpha value is -3.09. The Labute approximate surface area is 200 Å². The van der Waals surface area contributed by atoms with Gasteiger partial charge >= 0.3 is 12.1 Å².